The van der Waals surface area contributed by atoms with Crippen LogP contribution in [0.25, 0.3) is 0 Å². The van der Waals surface area contributed by atoms with Gasteiger partial charge in [-0.15, -0.1) is 0 Å². The number of benzene rings is 2. The maximum absolute atomic E-state index is 13.2. The van der Waals surface area contributed by atoms with Gasteiger partial charge in [0.05, 0.1) is 30.2 Å². The zero-order chi connectivity index (χ0) is 20.1. The molecule has 0 radical (unpaired) electrons. The lowest BCUT2D eigenvalue weighted by atomic mass is 10.1. The van der Waals surface area contributed by atoms with Gasteiger partial charge in [-0.05, 0) is 42.2 Å². The Kier molecular flexibility index (Phi) is 6.51. The van der Waals surface area contributed by atoms with E-state index in [0.717, 1.165) is 23.4 Å². The Bertz CT molecular complexity index is 819. The van der Waals surface area contributed by atoms with E-state index in [0.29, 0.717) is 37.6 Å². The standard InChI is InChI=1S/C20H21F3N2O2S/c1-28-13-14-2-4-15(5-3-14)19(26)24-17-12-16(20(21,22)23)6-7-18(17)25-8-10-27-11-9-25/h2-7,12H,8-11,13H2,1H3,(H,24,26). The summed E-state index contributed by atoms with van der Waals surface area (Å²) in [7, 11) is 0. The normalized spacial score (nSPS) is 14.8. The maximum Gasteiger partial charge on any atom is 0.416 e. The van der Waals surface area contributed by atoms with Crippen LogP contribution in [-0.4, -0.2) is 38.5 Å². The number of alkyl halides is 3. The van der Waals surface area contributed by atoms with Crippen LogP contribution in [0.2, 0.25) is 0 Å². The highest BCUT2D eigenvalue weighted by Gasteiger charge is 2.32. The van der Waals surface area contributed by atoms with E-state index in [9.17, 15) is 18.0 Å². The SMILES string of the molecule is CSCc1ccc(C(=O)Nc2cc(C(F)(F)F)ccc2N2CCOCC2)cc1. The quantitative estimate of drug-likeness (QED) is 0.779. The third-order valence-electron chi connectivity index (χ3n) is 4.45. The summed E-state index contributed by atoms with van der Waals surface area (Å²) >= 11 is 1.67. The fourth-order valence-corrected chi connectivity index (χ4v) is 3.53. The second-order valence-electron chi connectivity index (χ2n) is 6.41. The number of thioether (sulfide) groups is 1. The summed E-state index contributed by atoms with van der Waals surface area (Å²) in [6.07, 6.45) is -2.50. The molecule has 1 aliphatic heterocycles. The summed E-state index contributed by atoms with van der Waals surface area (Å²) in [6.45, 7) is 2.09. The topological polar surface area (TPSA) is 41.6 Å². The maximum atomic E-state index is 13.2. The Morgan fingerprint density at radius 3 is 2.43 bits per heavy atom. The molecule has 8 heteroatoms. The van der Waals surface area contributed by atoms with Crippen molar-refractivity contribution >= 4 is 29.0 Å². The molecule has 1 amide bonds. The molecule has 28 heavy (non-hydrogen) atoms. The third-order valence-corrected chi connectivity index (χ3v) is 5.07. The van der Waals surface area contributed by atoms with E-state index < -0.39 is 17.6 Å². The summed E-state index contributed by atoms with van der Waals surface area (Å²) < 4.78 is 44.8. The van der Waals surface area contributed by atoms with Crippen molar-refractivity contribution in [2.45, 2.75) is 11.9 Å². The van der Waals surface area contributed by atoms with Crippen molar-refractivity contribution in [2.24, 2.45) is 0 Å². The number of halogens is 3. The average Bonchev–Trinajstić information content (AvgIpc) is 2.69. The third kappa shape index (κ3) is 4.99. The van der Waals surface area contributed by atoms with E-state index in [1.54, 1.807) is 23.9 Å². The molecular formula is C20H21F3N2O2S. The molecule has 0 spiro atoms. The molecule has 0 bridgehead atoms. The van der Waals surface area contributed by atoms with E-state index in [1.165, 1.54) is 6.07 Å². The minimum absolute atomic E-state index is 0.148. The zero-order valence-electron chi connectivity index (χ0n) is 15.4. The number of nitrogens with one attached hydrogen (secondary N) is 1. The van der Waals surface area contributed by atoms with Crippen molar-refractivity contribution in [1.29, 1.82) is 0 Å². The first-order chi connectivity index (χ1) is 13.4. The average molecular weight is 410 g/mol. The first-order valence-corrected chi connectivity index (χ1v) is 10.2. The molecule has 2 aromatic rings. The van der Waals surface area contributed by atoms with Gasteiger partial charge >= 0.3 is 6.18 Å². The lowest BCUT2D eigenvalue weighted by molar-refractivity contribution is -0.137. The van der Waals surface area contributed by atoms with Crippen LogP contribution in [-0.2, 0) is 16.7 Å². The number of hydrogen-bond donors (Lipinski definition) is 1. The lowest BCUT2D eigenvalue weighted by Crippen LogP contribution is -2.36. The Morgan fingerprint density at radius 2 is 1.82 bits per heavy atom. The Balaban J connectivity index is 1.87. The molecular weight excluding hydrogens is 389 g/mol. The molecule has 0 atom stereocenters. The Labute approximate surface area is 166 Å². The van der Waals surface area contributed by atoms with Gasteiger partial charge in [-0.1, -0.05) is 12.1 Å². The number of amides is 1. The molecule has 1 aliphatic rings. The van der Waals surface area contributed by atoms with Crippen LogP contribution in [0.5, 0.6) is 0 Å². The van der Waals surface area contributed by atoms with Crippen LogP contribution in [0.4, 0.5) is 24.5 Å². The largest absolute Gasteiger partial charge is 0.416 e. The van der Waals surface area contributed by atoms with Crippen LogP contribution < -0.4 is 10.2 Å². The van der Waals surface area contributed by atoms with Gasteiger partial charge in [-0.3, -0.25) is 4.79 Å². The van der Waals surface area contributed by atoms with E-state index in [2.05, 4.69) is 5.32 Å². The number of nitrogens with zero attached hydrogens (tertiary/aromatic N) is 1. The van der Waals surface area contributed by atoms with Gasteiger partial charge in [0.1, 0.15) is 0 Å². The Hall–Kier alpha value is -2.19. The Morgan fingerprint density at radius 1 is 1.14 bits per heavy atom. The molecule has 4 nitrogen and oxygen atoms in total. The van der Waals surface area contributed by atoms with Crippen molar-refractivity contribution < 1.29 is 22.7 Å². The van der Waals surface area contributed by atoms with Gasteiger partial charge in [0, 0.05) is 24.4 Å². The summed E-state index contributed by atoms with van der Waals surface area (Å²) in [5, 5.41) is 2.66. The number of carbonyl (C=O) groups is 1. The molecule has 2 aromatic carbocycles. The molecule has 1 heterocycles. The van der Waals surface area contributed by atoms with Crippen LogP contribution in [0.15, 0.2) is 42.5 Å². The van der Waals surface area contributed by atoms with Gasteiger partial charge in [0.15, 0.2) is 0 Å². The van der Waals surface area contributed by atoms with E-state index in [-0.39, 0.29) is 5.69 Å². The molecule has 3 rings (SSSR count). The highest BCUT2D eigenvalue weighted by Crippen LogP contribution is 2.36. The first-order valence-electron chi connectivity index (χ1n) is 8.81. The molecule has 1 N–H and O–H groups in total. The fourth-order valence-electron chi connectivity index (χ4n) is 3.01. The molecule has 0 aliphatic carbocycles. The van der Waals surface area contributed by atoms with Gasteiger partial charge in [-0.25, -0.2) is 0 Å². The predicted molar refractivity (Wildman–Crippen MR) is 106 cm³/mol. The van der Waals surface area contributed by atoms with Crippen LogP contribution in [0, 0.1) is 0 Å². The zero-order valence-corrected chi connectivity index (χ0v) is 16.2. The number of rotatable bonds is 5. The predicted octanol–water partition coefficient (Wildman–Crippen LogP) is 4.66. The van der Waals surface area contributed by atoms with Crippen molar-refractivity contribution in [2.75, 3.05) is 42.8 Å². The highest BCUT2D eigenvalue weighted by atomic mass is 32.2. The van der Waals surface area contributed by atoms with E-state index in [1.807, 2.05) is 23.3 Å². The van der Waals surface area contributed by atoms with Crippen molar-refractivity contribution in [3.05, 3.63) is 59.2 Å². The van der Waals surface area contributed by atoms with Gasteiger partial charge in [-0.2, -0.15) is 24.9 Å². The smallest absolute Gasteiger partial charge is 0.378 e. The summed E-state index contributed by atoms with van der Waals surface area (Å²) in [5.74, 6) is 0.390. The highest BCUT2D eigenvalue weighted by molar-refractivity contribution is 7.97. The van der Waals surface area contributed by atoms with Gasteiger partial charge in [0.25, 0.3) is 5.91 Å². The molecule has 0 aromatic heterocycles. The number of anilines is 2. The summed E-state index contributed by atoms with van der Waals surface area (Å²) in [6, 6.07) is 10.5. The minimum Gasteiger partial charge on any atom is -0.378 e. The molecule has 1 saturated heterocycles. The van der Waals surface area contributed by atoms with Crippen LogP contribution in [0.3, 0.4) is 0 Å². The van der Waals surface area contributed by atoms with E-state index >= 15 is 0 Å². The van der Waals surface area contributed by atoms with Crippen LogP contribution in [0.1, 0.15) is 21.5 Å². The second kappa shape index (κ2) is 8.87. The van der Waals surface area contributed by atoms with Crippen LogP contribution >= 0.6 is 11.8 Å². The molecule has 1 fully saturated rings. The second-order valence-corrected chi connectivity index (χ2v) is 7.28. The van der Waals surface area contributed by atoms with Crippen molar-refractivity contribution in [3.8, 4) is 0 Å². The minimum atomic E-state index is -4.48. The van der Waals surface area contributed by atoms with Gasteiger partial charge in [0.2, 0.25) is 0 Å². The fraction of sp³-hybridized carbons (Fsp3) is 0.350. The lowest BCUT2D eigenvalue weighted by Gasteiger charge is -2.31. The van der Waals surface area contributed by atoms with Crippen molar-refractivity contribution in [1.82, 2.24) is 0 Å². The number of carbonyl (C=O) groups excluding carboxylic acids is 1. The number of hydrogen-bond acceptors (Lipinski definition) is 4. The van der Waals surface area contributed by atoms with Gasteiger partial charge < -0.3 is 15.0 Å². The summed E-state index contributed by atoms with van der Waals surface area (Å²) in [4.78, 5) is 14.6. The summed E-state index contributed by atoms with van der Waals surface area (Å²) in [5.41, 5.74) is 1.39. The molecule has 0 unspecified atom stereocenters. The van der Waals surface area contributed by atoms with Crippen molar-refractivity contribution in [3.63, 3.8) is 0 Å². The molecule has 150 valence electrons. The number of morpholine rings is 1. The van der Waals surface area contributed by atoms with E-state index in [4.69, 9.17) is 4.74 Å². The molecule has 0 saturated carbocycles. The first kappa shape index (κ1) is 20.5. The monoisotopic (exact) mass is 410 g/mol. The number of ether oxygens (including phenoxy) is 1.